The average Bonchev–Trinajstić information content (AvgIpc) is 2.18. The summed E-state index contributed by atoms with van der Waals surface area (Å²) in [6, 6.07) is 2.04. The lowest BCUT2D eigenvalue weighted by molar-refractivity contribution is 0.190. The Bertz CT molecular complexity index is 342. The van der Waals surface area contributed by atoms with E-state index >= 15 is 0 Å². The smallest absolute Gasteiger partial charge is 0.194 e. The molecule has 0 fully saturated rings. The summed E-state index contributed by atoms with van der Waals surface area (Å²) in [5.41, 5.74) is 0.0366. The fourth-order valence-corrected chi connectivity index (χ4v) is 1.12. The van der Waals surface area contributed by atoms with Crippen LogP contribution in [0.5, 0.6) is 0 Å². The molecule has 0 saturated carbocycles. The monoisotopic (exact) mass is 219 g/mol. The Morgan fingerprint density at radius 3 is 2.53 bits per heavy atom. The van der Waals surface area contributed by atoms with Crippen LogP contribution < -0.4 is 5.32 Å². The number of rotatable bonds is 4. The van der Waals surface area contributed by atoms with Gasteiger partial charge < -0.3 is 10.4 Å². The van der Waals surface area contributed by atoms with Crippen molar-refractivity contribution in [2.45, 2.75) is 19.6 Å². The maximum absolute atomic E-state index is 13.1. The summed E-state index contributed by atoms with van der Waals surface area (Å²) in [5.74, 6) is -3.86. The van der Waals surface area contributed by atoms with Crippen molar-refractivity contribution >= 4 is 0 Å². The number of aliphatic hydroxyl groups excluding tert-OH is 1. The van der Waals surface area contributed by atoms with E-state index < -0.39 is 23.6 Å². The quantitative estimate of drug-likeness (QED) is 0.753. The molecule has 0 amide bonds. The highest BCUT2D eigenvalue weighted by molar-refractivity contribution is 5.20. The van der Waals surface area contributed by atoms with E-state index in [1.54, 1.807) is 6.92 Å². The second-order valence-corrected chi connectivity index (χ2v) is 3.31. The standard InChI is InChI=1S/C10H12F3NO/c1-6(15)4-14-5-7-2-3-8(11)10(13)9(7)12/h2-3,6,14-15H,4-5H2,1H3/t6-/m1/s1. The summed E-state index contributed by atoms with van der Waals surface area (Å²) in [7, 11) is 0. The minimum Gasteiger partial charge on any atom is -0.392 e. The van der Waals surface area contributed by atoms with E-state index in [4.69, 9.17) is 5.11 Å². The Morgan fingerprint density at radius 2 is 1.93 bits per heavy atom. The molecular weight excluding hydrogens is 207 g/mol. The molecule has 0 unspecified atom stereocenters. The van der Waals surface area contributed by atoms with Crippen LogP contribution in [0.25, 0.3) is 0 Å². The zero-order valence-corrected chi connectivity index (χ0v) is 8.23. The van der Waals surface area contributed by atoms with Crippen molar-refractivity contribution in [2.24, 2.45) is 0 Å². The van der Waals surface area contributed by atoms with Crippen LogP contribution in [-0.4, -0.2) is 17.8 Å². The molecule has 1 rings (SSSR count). The van der Waals surface area contributed by atoms with Gasteiger partial charge in [-0.2, -0.15) is 0 Å². The third-order valence-corrected chi connectivity index (χ3v) is 1.87. The topological polar surface area (TPSA) is 32.3 Å². The van der Waals surface area contributed by atoms with Gasteiger partial charge >= 0.3 is 0 Å². The lowest BCUT2D eigenvalue weighted by Crippen LogP contribution is -2.24. The van der Waals surface area contributed by atoms with Gasteiger partial charge in [-0.05, 0) is 13.0 Å². The first-order valence-corrected chi connectivity index (χ1v) is 4.53. The van der Waals surface area contributed by atoms with Crippen molar-refractivity contribution in [3.05, 3.63) is 35.1 Å². The predicted molar refractivity (Wildman–Crippen MR) is 49.7 cm³/mol. The zero-order chi connectivity index (χ0) is 11.4. The number of aliphatic hydroxyl groups is 1. The maximum atomic E-state index is 13.1. The molecule has 0 bridgehead atoms. The molecule has 0 aliphatic heterocycles. The van der Waals surface area contributed by atoms with Crippen LogP contribution in [0.1, 0.15) is 12.5 Å². The van der Waals surface area contributed by atoms with Crippen LogP contribution in [0.2, 0.25) is 0 Å². The summed E-state index contributed by atoms with van der Waals surface area (Å²) >= 11 is 0. The average molecular weight is 219 g/mol. The third kappa shape index (κ3) is 3.21. The second-order valence-electron chi connectivity index (χ2n) is 3.31. The van der Waals surface area contributed by atoms with Crippen molar-refractivity contribution in [1.29, 1.82) is 0 Å². The van der Waals surface area contributed by atoms with Crippen LogP contribution in [0.15, 0.2) is 12.1 Å². The van der Waals surface area contributed by atoms with Crippen LogP contribution in [0.4, 0.5) is 13.2 Å². The highest BCUT2D eigenvalue weighted by atomic mass is 19.2. The fourth-order valence-electron chi connectivity index (χ4n) is 1.12. The summed E-state index contributed by atoms with van der Waals surface area (Å²) in [6.07, 6.45) is -0.571. The van der Waals surface area contributed by atoms with Gasteiger partial charge in [0.1, 0.15) is 0 Å². The fraction of sp³-hybridized carbons (Fsp3) is 0.400. The highest BCUT2D eigenvalue weighted by Gasteiger charge is 2.12. The summed E-state index contributed by atoms with van der Waals surface area (Å²) in [5, 5.41) is 11.6. The predicted octanol–water partition coefficient (Wildman–Crippen LogP) is 1.57. The van der Waals surface area contributed by atoms with Crippen molar-refractivity contribution in [3.63, 3.8) is 0 Å². The molecule has 0 spiro atoms. The Labute approximate surface area is 85.7 Å². The van der Waals surface area contributed by atoms with Gasteiger partial charge in [-0.1, -0.05) is 6.07 Å². The van der Waals surface area contributed by atoms with E-state index in [2.05, 4.69) is 5.32 Å². The van der Waals surface area contributed by atoms with Gasteiger partial charge in [-0.3, -0.25) is 0 Å². The lowest BCUT2D eigenvalue weighted by Gasteiger charge is -2.08. The Kier molecular flexibility index (Phi) is 4.11. The SMILES string of the molecule is C[C@@H](O)CNCc1ccc(F)c(F)c1F. The van der Waals surface area contributed by atoms with E-state index in [0.717, 1.165) is 6.07 Å². The third-order valence-electron chi connectivity index (χ3n) is 1.87. The van der Waals surface area contributed by atoms with Gasteiger partial charge in [0.15, 0.2) is 17.5 Å². The Hall–Kier alpha value is -1.07. The minimum absolute atomic E-state index is 0.0366. The number of nitrogens with one attached hydrogen (secondary N) is 1. The second kappa shape index (κ2) is 5.14. The largest absolute Gasteiger partial charge is 0.392 e. The van der Waals surface area contributed by atoms with Gasteiger partial charge in [0.25, 0.3) is 0 Å². The summed E-state index contributed by atoms with van der Waals surface area (Å²) < 4.78 is 38.4. The van der Waals surface area contributed by atoms with Crippen molar-refractivity contribution in [1.82, 2.24) is 5.32 Å². The zero-order valence-electron chi connectivity index (χ0n) is 8.23. The lowest BCUT2D eigenvalue weighted by atomic mass is 10.2. The Balaban J connectivity index is 2.66. The van der Waals surface area contributed by atoms with Crippen molar-refractivity contribution in [2.75, 3.05) is 6.54 Å². The molecule has 0 heterocycles. The number of benzene rings is 1. The molecule has 2 N–H and O–H groups in total. The maximum Gasteiger partial charge on any atom is 0.194 e. The first-order valence-electron chi connectivity index (χ1n) is 4.53. The number of hydrogen-bond donors (Lipinski definition) is 2. The molecule has 84 valence electrons. The van der Waals surface area contributed by atoms with Gasteiger partial charge in [0.2, 0.25) is 0 Å². The van der Waals surface area contributed by atoms with Crippen molar-refractivity contribution in [3.8, 4) is 0 Å². The molecule has 0 aromatic heterocycles. The Morgan fingerprint density at radius 1 is 1.27 bits per heavy atom. The van der Waals surface area contributed by atoms with E-state index in [-0.39, 0.29) is 18.7 Å². The van der Waals surface area contributed by atoms with Gasteiger partial charge in [0.05, 0.1) is 6.10 Å². The molecule has 1 atom stereocenters. The van der Waals surface area contributed by atoms with E-state index in [1.165, 1.54) is 6.07 Å². The molecule has 0 saturated heterocycles. The molecule has 5 heteroatoms. The first-order chi connectivity index (χ1) is 7.02. The van der Waals surface area contributed by atoms with Gasteiger partial charge in [-0.25, -0.2) is 13.2 Å². The van der Waals surface area contributed by atoms with Crippen LogP contribution in [0, 0.1) is 17.5 Å². The van der Waals surface area contributed by atoms with E-state index in [1.807, 2.05) is 0 Å². The molecule has 15 heavy (non-hydrogen) atoms. The summed E-state index contributed by atoms with van der Waals surface area (Å²) in [4.78, 5) is 0. The molecule has 0 aliphatic carbocycles. The molecule has 0 aliphatic rings. The van der Waals surface area contributed by atoms with Crippen LogP contribution >= 0.6 is 0 Å². The molecular formula is C10H12F3NO. The molecule has 1 aromatic rings. The van der Waals surface area contributed by atoms with Gasteiger partial charge in [0, 0.05) is 18.7 Å². The molecule has 0 radical (unpaired) electrons. The highest BCUT2D eigenvalue weighted by Crippen LogP contribution is 2.14. The van der Waals surface area contributed by atoms with Crippen molar-refractivity contribution < 1.29 is 18.3 Å². The number of halogens is 3. The normalized spacial score (nSPS) is 12.9. The summed E-state index contributed by atoms with van der Waals surface area (Å²) in [6.45, 7) is 1.88. The van der Waals surface area contributed by atoms with Gasteiger partial charge in [-0.15, -0.1) is 0 Å². The molecule has 2 nitrogen and oxygen atoms in total. The number of hydrogen-bond acceptors (Lipinski definition) is 2. The molecule has 1 aromatic carbocycles. The van der Waals surface area contributed by atoms with E-state index in [0.29, 0.717) is 0 Å². The van der Waals surface area contributed by atoms with Crippen LogP contribution in [-0.2, 0) is 6.54 Å². The minimum atomic E-state index is -1.47. The van der Waals surface area contributed by atoms with Crippen LogP contribution in [0.3, 0.4) is 0 Å². The first kappa shape index (κ1) is 12.0. The van der Waals surface area contributed by atoms with E-state index in [9.17, 15) is 13.2 Å².